The highest BCUT2D eigenvalue weighted by atomic mass is 15.1. The molecule has 0 aliphatic carbocycles. The second-order valence-corrected chi connectivity index (χ2v) is 4.69. The zero-order valence-electron chi connectivity index (χ0n) is 11.6. The second-order valence-electron chi connectivity index (χ2n) is 4.69. The zero-order valence-corrected chi connectivity index (χ0v) is 11.6. The van der Waals surface area contributed by atoms with E-state index in [4.69, 9.17) is 5.26 Å². The van der Waals surface area contributed by atoms with Crippen molar-refractivity contribution in [2.24, 2.45) is 0 Å². The minimum absolute atomic E-state index is 0.740. The molecule has 0 bridgehead atoms. The molecule has 2 aromatic rings. The van der Waals surface area contributed by atoms with E-state index in [1.165, 1.54) is 11.3 Å². The number of nitrogens with zero attached hydrogens (tertiary/aromatic N) is 2. The summed E-state index contributed by atoms with van der Waals surface area (Å²) in [6.07, 6.45) is 0. The summed E-state index contributed by atoms with van der Waals surface area (Å²) in [5.41, 5.74) is 5.32. The van der Waals surface area contributed by atoms with E-state index < -0.39 is 0 Å². The van der Waals surface area contributed by atoms with Crippen molar-refractivity contribution in [1.29, 1.82) is 5.26 Å². The molecular weight excluding hydrogens is 232 g/mol. The average Bonchev–Trinajstić information content (AvgIpc) is 2.42. The highest BCUT2D eigenvalue weighted by molar-refractivity contribution is 5.65. The van der Waals surface area contributed by atoms with Crippen LogP contribution in [0.2, 0.25) is 0 Å². The molecule has 0 amide bonds. The highest BCUT2D eigenvalue weighted by Crippen LogP contribution is 2.27. The molecule has 0 saturated heterocycles. The molecule has 2 nitrogen and oxygen atoms in total. The van der Waals surface area contributed by atoms with Gasteiger partial charge in [-0.2, -0.15) is 5.26 Å². The molecule has 19 heavy (non-hydrogen) atoms. The molecule has 0 N–H and O–H groups in total. The van der Waals surface area contributed by atoms with Crippen molar-refractivity contribution in [2.75, 3.05) is 11.4 Å². The number of anilines is 2. The lowest BCUT2D eigenvalue weighted by Crippen LogP contribution is -2.16. The smallest absolute Gasteiger partial charge is 0.0994 e. The Labute approximate surface area is 114 Å². The van der Waals surface area contributed by atoms with E-state index in [2.05, 4.69) is 55.1 Å². The van der Waals surface area contributed by atoms with Crippen molar-refractivity contribution < 1.29 is 0 Å². The fourth-order valence-electron chi connectivity index (χ4n) is 2.18. The Morgan fingerprint density at radius 2 is 1.63 bits per heavy atom. The third kappa shape index (κ3) is 2.77. The summed E-state index contributed by atoms with van der Waals surface area (Å²) in [5.74, 6) is 0. The summed E-state index contributed by atoms with van der Waals surface area (Å²) in [7, 11) is 0. The Kier molecular flexibility index (Phi) is 3.87. The van der Waals surface area contributed by atoms with Gasteiger partial charge >= 0.3 is 0 Å². The lowest BCUT2D eigenvalue weighted by molar-refractivity contribution is 1.02. The Balaban J connectivity index is 2.40. The maximum atomic E-state index is 8.99. The molecule has 0 unspecified atom stereocenters. The molecule has 0 aliphatic rings. The van der Waals surface area contributed by atoms with Gasteiger partial charge in [0.15, 0.2) is 0 Å². The number of aryl methyl sites for hydroxylation is 2. The molecule has 96 valence electrons. The van der Waals surface area contributed by atoms with E-state index in [1.54, 1.807) is 0 Å². The van der Waals surface area contributed by atoms with Gasteiger partial charge < -0.3 is 4.90 Å². The van der Waals surface area contributed by atoms with Crippen molar-refractivity contribution in [3.8, 4) is 6.07 Å². The number of nitriles is 1. The monoisotopic (exact) mass is 250 g/mol. The Bertz CT molecular complexity index is 606. The maximum Gasteiger partial charge on any atom is 0.0994 e. The molecule has 0 fully saturated rings. The molecule has 0 radical (unpaired) electrons. The normalized spacial score (nSPS) is 10.0. The fraction of sp³-hybridized carbons (Fsp3) is 0.235. The van der Waals surface area contributed by atoms with Crippen LogP contribution in [-0.2, 0) is 0 Å². The molecule has 0 atom stereocenters. The predicted molar refractivity (Wildman–Crippen MR) is 79.8 cm³/mol. The quantitative estimate of drug-likeness (QED) is 0.810. The number of hydrogen-bond acceptors (Lipinski definition) is 2. The van der Waals surface area contributed by atoms with Crippen LogP contribution in [0.1, 0.15) is 23.6 Å². The first-order chi connectivity index (χ1) is 9.15. The maximum absolute atomic E-state index is 8.99. The van der Waals surface area contributed by atoms with Gasteiger partial charge in [-0.3, -0.25) is 0 Å². The molecule has 2 heteroatoms. The lowest BCUT2D eigenvalue weighted by atomic mass is 10.1. The third-order valence-electron chi connectivity index (χ3n) is 3.30. The van der Waals surface area contributed by atoms with Crippen molar-refractivity contribution >= 4 is 11.4 Å². The van der Waals surface area contributed by atoms with E-state index in [0.29, 0.717) is 0 Å². The molecule has 0 aromatic heterocycles. The van der Waals surface area contributed by atoms with Gasteiger partial charge in [0.2, 0.25) is 0 Å². The van der Waals surface area contributed by atoms with Gasteiger partial charge in [-0.25, -0.2) is 0 Å². The number of rotatable bonds is 3. The number of benzene rings is 2. The summed E-state index contributed by atoms with van der Waals surface area (Å²) in [6.45, 7) is 7.10. The summed E-state index contributed by atoms with van der Waals surface area (Å²) in [4.78, 5) is 2.24. The molecule has 2 rings (SSSR count). The minimum Gasteiger partial charge on any atom is -0.342 e. The van der Waals surface area contributed by atoms with Crippen LogP contribution in [-0.4, -0.2) is 6.54 Å². The van der Waals surface area contributed by atoms with E-state index in [0.717, 1.165) is 23.4 Å². The van der Waals surface area contributed by atoms with Crippen LogP contribution in [0.3, 0.4) is 0 Å². The van der Waals surface area contributed by atoms with Crippen LogP contribution >= 0.6 is 0 Å². The molecule has 0 aliphatic heterocycles. The first-order valence-electron chi connectivity index (χ1n) is 6.50. The standard InChI is InChI=1S/C17H18N2/c1-4-19(16-8-5-13(2)6-9-16)17-10-7-15(12-18)14(3)11-17/h5-11H,4H2,1-3H3. The molecule has 0 saturated carbocycles. The van der Waals surface area contributed by atoms with E-state index in [-0.39, 0.29) is 0 Å². The van der Waals surface area contributed by atoms with E-state index >= 15 is 0 Å². The topological polar surface area (TPSA) is 27.0 Å². The van der Waals surface area contributed by atoms with Gasteiger partial charge in [0, 0.05) is 17.9 Å². The summed E-state index contributed by atoms with van der Waals surface area (Å²) >= 11 is 0. The summed E-state index contributed by atoms with van der Waals surface area (Å²) < 4.78 is 0. The van der Waals surface area contributed by atoms with Gasteiger partial charge in [0.1, 0.15) is 0 Å². The first-order valence-corrected chi connectivity index (χ1v) is 6.50. The largest absolute Gasteiger partial charge is 0.342 e. The van der Waals surface area contributed by atoms with Crippen molar-refractivity contribution in [3.63, 3.8) is 0 Å². The molecular formula is C17H18N2. The van der Waals surface area contributed by atoms with Crippen LogP contribution in [0.25, 0.3) is 0 Å². The van der Waals surface area contributed by atoms with Gasteiger partial charge in [-0.15, -0.1) is 0 Å². The predicted octanol–water partition coefficient (Wildman–Crippen LogP) is 4.33. The SMILES string of the molecule is CCN(c1ccc(C)cc1)c1ccc(C#N)c(C)c1. The number of hydrogen-bond donors (Lipinski definition) is 0. The summed E-state index contributed by atoms with van der Waals surface area (Å²) in [5, 5.41) is 8.99. The minimum atomic E-state index is 0.740. The molecule has 0 heterocycles. The van der Waals surface area contributed by atoms with Gasteiger partial charge in [-0.05, 0) is 56.7 Å². The summed E-state index contributed by atoms with van der Waals surface area (Å²) in [6, 6.07) is 16.7. The van der Waals surface area contributed by atoms with Crippen LogP contribution in [0.5, 0.6) is 0 Å². The van der Waals surface area contributed by atoms with Crippen LogP contribution in [0, 0.1) is 25.2 Å². The van der Waals surface area contributed by atoms with Gasteiger partial charge in [-0.1, -0.05) is 17.7 Å². The average molecular weight is 250 g/mol. The van der Waals surface area contributed by atoms with Crippen LogP contribution < -0.4 is 4.90 Å². The highest BCUT2D eigenvalue weighted by Gasteiger charge is 2.08. The lowest BCUT2D eigenvalue weighted by Gasteiger charge is -2.24. The van der Waals surface area contributed by atoms with E-state index in [1.807, 2.05) is 19.1 Å². The van der Waals surface area contributed by atoms with Crippen molar-refractivity contribution in [3.05, 3.63) is 59.2 Å². The Hall–Kier alpha value is -2.27. The van der Waals surface area contributed by atoms with Crippen LogP contribution in [0.15, 0.2) is 42.5 Å². The Morgan fingerprint density at radius 1 is 1.00 bits per heavy atom. The van der Waals surface area contributed by atoms with Gasteiger partial charge in [0.25, 0.3) is 0 Å². The van der Waals surface area contributed by atoms with Crippen molar-refractivity contribution in [2.45, 2.75) is 20.8 Å². The van der Waals surface area contributed by atoms with Crippen LogP contribution in [0.4, 0.5) is 11.4 Å². The van der Waals surface area contributed by atoms with Crippen molar-refractivity contribution in [1.82, 2.24) is 0 Å². The molecule has 0 spiro atoms. The molecule has 2 aromatic carbocycles. The van der Waals surface area contributed by atoms with E-state index in [9.17, 15) is 0 Å². The Morgan fingerprint density at radius 3 is 2.16 bits per heavy atom. The second kappa shape index (κ2) is 5.58. The zero-order chi connectivity index (χ0) is 13.8. The third-order valence-corrected chi connectivity index (χ3v) is 3.30. The fourth-order valence-corrected chi connectivity index (χ4v) is 2.18. The first kappa shape index (κ1) is 13.2. The van der Waals surface area contributed by atoms with Gasteiger partial charge in [0.05, 0.1) is 11.6 Å².